The molecule has 43 heavy (non-hydrogen) atoms. The second kappa shape index (κ2) is 21.3. The van der Waals surface area contributed by atoms with Gasteiger partial charge in [-0.25, -0.2) is 24.0 Å². The summed E-state index contributed by atoms with van der Waals surface area (Å²) >= 11 is 0. The van der Waals surface area contributed by atoms with Gasteiger partial charge in [-0.2, -0.15) is 0 Å². The largest absolute Gasteiger partial charge is 0.466 e. The van der Waals surface area contributed by atoms with Crippen LogP contribution in [0.4, 0.5) is 9.59 Å². The third-order valence-electron chi connectivity index (χ3n) is 5.01. The number of methoxy groups -OCH3 is 1. The molecular formula is C28H42N2O13. The summed E-state index contributed by atoms with van der Waals surface area (Å²) in [5, 5.41) is 4.84. The minimum absolute atomic E-state index is 0.00306. The van der Waals surface area contributed by atoms with Gasteiger partial charge in [0.25, 0.3) is 0 Å². The minimum Gasteiger partial charge on any atom is -0.466 e. The van der Waals surface area contributed by atoms with E-state index in [0.717, 1.165) is 0 Å². The van der Waals surface area contributed by atoms with Crippen LogP contribution in [0.2, 0.25) is 0 Å². The SMILES string of the molecule is C=C(C)C(=O)OCCNC(=O)OCC(C)(COCCCC(=O)OCC(=C)C(=O)OC)COC(=O)NCCOC(=O)C(=C)C. The quantitative estimate of drug-likeness (QED) is 0.0823. The van der Waals surface area contributed by atoms with Gasteiger partial charge >= 0.3 is 36.1 Å². The molecule has 0 unspecified atom stereocenters. The van der Waals surface area contributed by atoms with Crippen LogP contribution in [0.1, 0.15) is 33.6 Å². The molecule has 0 aromatic rings. The summed E-state index contributed by atoms with van der Waals surface area (Å²) in [7, 11) is 1.18. The number of ether oxygens (including phenoxy) is 7. The Morgan fingerprint density at radius 3 is 1.60 bits per heavy atom. The molecule has 0 aliphatic heterocycles. The number of nitrogens with one attached hydrogen (secondary N) is 2. The number of hydrogen-bond acceptors (Lipinski definition) is 13. The average molecular weight is 615 g/mol. The summed E-state index contributed by atoms with van der Waals surface area (Å²) in [6.07, 6.45) is -1.35. The molecule has 15 heteroatoms. The number of rotatable bonds is 21. The van der Waals surface area contributed by atoms with E-state index in [2.05, 4.69) is 35.1 Å². The van der Waals surface area contributed by atoms with E-state index in [0.29, 0.717) is 0 Å². The van der Waals surface area contributed by atoms with Crippen molar-refractivity contribution in [3.8, 4) is 0 Å². The monoisotopic (exact) mass is 614 g/mol. The maximum absolute atomic E-state index is 12.1. The van der Waals surface area contributed by atoms with Crippen LogP contribution >= 0.6 is 0 Å². The molecule has 2 amide bonds. The number of carbonyl (C=O) groups excluding carboxylic acids is 6. The summed E-state index contributed by atoms with van der Waals surface area (Å²) in [5.41, 5.74) is -0.573. The smallest absolute Gasteiger partial charge is 0.407 e. The van der Waals surface area contributed by atoms with Crippen molar-refractivity contribution in [3.63, 3.8) is 0 Å². The van der Waals surface area contributed by atoms with E-state index in [9.17, 15) is 28.8 Å². The van der Waals surface area contributed by atoms with Crippen molar-refractivity contribution in [2.45, 2.75) is 33.6 Å². The van der Waals surface area contributed by atoms with Crippen LogP contribution in [0.3, 0.4) is 0 Å². The molecule has 2 N–H and O–H groups in total. The molecule has 0 atom stereocenters. The molecule has 0 aliphatic carbocycles. The molecule has 0 aliphatic rings. The first-order valence-electron chi connectivity index (χ1n) is 13.2. The Morgan fingerprint density at radius 2 is 1.16 bits per heavy atom. The molecule has 0 saturated heterocycles. The van der Waals surface area contributed by atoms with Gasteiger partial charge in [-0.05, 0) is 20.3 Å². The predicted molar refractivity (Wildman–Crippen MR) is 151 cm³/mol. The van der Waals surface area contributed by atoms with E-state index >= 15 is 0 Å². The van der Waals surface area contributed by atoms with E-state index in [-0.39, 0.29) is 88.9 Å². The minimum atomic E-state index is -1.01. The second-order valence-corrected chi connectivity index (χ2v) is 9.56. The van der Waals surface area contributed by atoms with Crippen LogP contribution < -0.4 is 10.6 Å². The predicted octanol–water partition coefficient (Wildman–Crippen LogP) is 1.75. The first kappa shape index (κ1) is 38.6. The van der Waals surface area contributed by atoms with Crippen LogP contribution in [0.5, 0.6) is 0 Å². The first-order chi connectivity index (χ1) is 20.2. The summed E-state index contributed by atoms with van der Waals surface area (Å²) in [6, 6.07) is 0. The third kappa shape index (κ3) is 19.4. The Balaban J connectivity index is 4.76. The molecule has 0 rings (SSSR count). The molecule has 0 spiro atoms. The summed E-state index contributed by atoms with van der Waals surface area (Å²) in [5.74, 6) is -2.44. The van der Waals surface area contributed by atoms with Crippen molar-refractivity contribution in [3.05, 3.63) is 36.5 Å². The third-order valence-corrected chi connectivity index (χ3v) is 5.01. The van der Waals surface area contributed by atoms with Gasteiger partial charge in [0.15, 0.2) is 0 Å². The Morgan fingerprint density at radius 1 is 0.674 bits per heavy atom. The standard InChI is InChI=1S/C28H42N2O13/c1-19(2)23(32)39-13-10-29-26(35)42-17-28(6,18-43-27(36)30-11-14-40-24(33)20(3)4)16-38-12-8-9-22(31)41-15-21(5)25(34)37-7/h1,3,5,8-18H2,2,4,6-7H3,(H,29,35)(H,30,36). The Kier molecular flexibility index (Phi) is 19.1. The van der Waals surface area contributed by atoms with Gasteiger partial charge in [0.1, 0.15) is 33.0 Å². The van der Waals surface area contributed by atoms with E-state index in [1.54, 1.807) is 6.92 Å². The lowest BCUT2D eigenvalue weighted by Crippen LogP contribution is -2.40. The topological polar surface area (TPSA) is 191 Å². The van der Waals surface area contributed by atoms with Gasteiger partial charge in [-0.3, -0.25) is 4.79 Å². The fourth-order valence-electron chi connectivity index (χ4n) is 2.63. The molecule has 0 saturated carbocycles. The number of hydrogen-bond donors (Lipinski definition) is 2. The highest BCUT2D eigenvalue weighted by atomic mass is 16.6. The highest BCUT2D eigenvalue weighted by molar-refractivity contribution is 5.88. The number of amides is 2. The van der Waals surface area contributed by atoms with Gasteiger partial charge < -0.3 is 43.8 Å². The Labute approximate surface area is 250 Å². The zero-order valence-corrected chi connectivity index (χ0v) is 25.2. The summed E-state index contributed by atoms with van der Waals surface area (Å²) in [4.78, 5) is 70.2. The van der Waals surface area contributed by atoms with Gasteiger partial charge in [-0.1, -0.05) is 26.7 Å². The molecule has 0 bridgehead atoms. The molecule has 15 nitrogen and oxygen atoms in total. The van der Waals surface area contributed by atoms with Gasteiger partial charge in [0.05, 0.1) is 37.8 Å². The van der Waals surface area contributed by atoms with Crippen molar-refractivity contribution in [1.82, 2.24) is 10.6 Å². The first-order valence-corrected chi connectivity index (χ1v) is 13.2. The number of alkyl carbamates (subject to hydrolysis) is 2. The summed E-state index contributed by atoms with van der Waals surface area (Å²) in [6.45, 7) is 14.1. The fourth-order valence-corrected chi connectivity index (χ4v) is 2.63. The highest BCUT2D eigenvalue weighted by Gasteiger charge is 2.29. The number of esters is 4. The van der Waals surface area contributed by atoms with Crippen molar-refractivity contribution in [2.24, 2.45) is 5.41 Å². The lowest BCUT2D eigenvalue weighted by molar-refractivity contribution is -0.145. The molecule has 0 fully saturated rings. The molecule has 0 heterocycles. The van der Waals surface area contributed by atoms with Crippen molar-refractivity contribution >= 4 is 36.1 Å². The number of carbonyl (C=O) groups is 6. The van der Waals surface area contributed by atoms with Gasteiger partial charge in [-0.15, -0.1) is 0 Å². The lowest BCUT2D eigenvalue weighted by Gasteiger charge is -2.28. The highest BCUT2D eigenvalue weighted by Crippen LogP contribution is 2.19. The van der Waals surface area contributed by atoms with E-state index < -0.39 is 41.5 Å². The maximum atomic E-state index is 12.1. The van der Waals surface area contributed by atoms with Crippen LogP contribution in [0.15, 0.2) is 36.5 Å². The Hall–Kier alpha value is -4.40. The lowest BCUT2D eigenvalue weighted by atomic mass is 9.94. The fraction of sp³-hybridized carbons (Fsp3) is 0.571. The van der Waals surface area contributed by atoms with Gasteiger partial charge in [0, 0.05) is 24.2 Å². The molecule has 242 valence electrons. The van der Waals surface area contributed by atoms with Crippen molar-refractivity contribution in [2.75, 3.05) is 66.4 Å². The zero-order valence-electron chi connectivity index (χ0n) is 25.2. The average Bonchev–Trinajstić information content (AvgIpc) is 2.97. The Bertz CT molecular complexity index is 972. The second-order valence-electron chi connectivity index (χ2n) is 9.56. The molecule has 0 aromatic carbocycles. The van der Waals surface area contributed by atoms with Crippen LogP contribution in [-0.4, -0.2) is 103 Å². The molecule has 0 aromatic heterocycles. The van der Waals surface area contributed by atoms with Crippen molar-refractivity contribution in [1.29, 1.82) is 0 Å². The van der Waals surface area contributed by atoms with E-state index in [1.165, 1.54) is 21.0 Å². The molecule has 0 radical (unpaired) electrons. The zero-order chi connectivity index (χ0) is 32.8. The van der Waals surface area contributed by atoms with E-state index in [4.69, 9.17) is 28.4 Å². The normalized spacial score (nSPS) is 10.4. The van der Waals surface area contributed by atoms with Gasteiger partial charge in [0.2, 0.25) is 0 Å². The van der Waals surface area contributed by atoms with E-state index in [1.807, 2.05) is 0 Å². The summed E-state index contributed by atoms with van der Waals surface area (Å²) < 4.78 is 35.3. The van der Waals surface area contributed by atoms with Crippen LogP contribution in [-0.2, 0) is 52.3 Å². The maximum Gasteiger partial charge on any atom is 0.407 e. The van der Waals surface area contributed by atoms with Crippen molar-refractivity contribution < 1.29 is 61.9 Å². The van der Waals surface area contributed by atoms with Crippen LogP contribution in [0, 0.1) is 5.41 Å². The van der Waals surface area contributed by atoms with Crippen LogP contribution in [0.25, 0.3) is 0 Å². The molecular weight excluding hydrogens is 572 g/mol.